The van der Waals surface area contributed by atoms with Crippen LogP contribution in [-0.2, 0) is 9.53 Å². The lowest BCUT2D eigenvalue weighted by molar-refractivity contribution is -0.153. The Labute approximate surface area is 122 Å². The zero-order valence-corrected chi connectivity index (χ0v) is 13.1. The van der Waals surface area contributed by atoms with E-state index in [0.29, 0.717) is 0 Å². The number of hydrogen-bond donors (Lipinski definition) is 1. The van der Waals surface area contributed by atoms with Crippen LogP contribution in [0.2, 0.25) is 0 Å². The van der Waals surface area contributed by atoms with Crippen molar-refractivity contribution in [1.82, 2.24) is 5.32 Å². The third kappa shape index (κ3) is 6.71. The van der Waals surface area contributed by atoms with Gasteiger partial charge in [-0.15, -0.1) is 0 Å². The number of benzene rings is 1. The van der Waals surface area contributed by atoms with Crippen LogP contribution in [0, 0.1) is 0 Å². The Hall–Kier alpha value is -1.35. The molecule has 0 aromatic heterocycles. The van der Waals surface area contributed by atoms with Crippen LogP contribution in [0.5, 0.6) is 0 Å². The van der Waals surface area contributed by atoms with E-state index in [9.17, 15) is 4.79 Å². The van der Waals surface area contributed by atoms with Gasteiger partial charge in [0.2, 0.25) is 0 Å². The number of hydrogen-bond acceptors (Lipinski definition) is 3. The number of ether oxygens (including phenoxy) is 1. The first kappa shape index (κ1) is 16.7. The molecule has 20 heavy (non-hydrogen) atoms. The molecule has 0 saturated heterocycles. The summed E-state index contributed by atoms with van der Waals surface area (Å²) in [7, 11) is 0. The van der Waals surface area contributed by atoms with Gasteiger partial charge in [0.1, 0.15) is 5.60 Å². The van der Waals surface area contributed by atoms with Crippen molar-refractivity contribution in [3.05, 3.63) is 35.9 Å². The summed E-state index contributed by atoms with van der Waals surface area (Å²) < 4.78 is 5.33. The maximum Gasteiger partial charge on any atom is 0.320 e. The quantitative estimate of drug-likeness (QED) is 0.769. The van der Waals surface area contributed by atoms with Gasteiger partial charge in [-0.1, -0.05) is 50.1 Å². The van der Waals surface area contributed by atoms with Crippen molar-refractivity contribution in [3.63, 3.8) is 0 Å². The van der Waals surface area contributed by atoms with Crippen LogP contribution in [0.1, 0.15) is 58.6 Å². The molecule has 3 heteroatoms. The molecule has 0 bridgehead atoms. The van der Waals surface area contributed by atoms with Crippen molar-refractivity contribution >= 4 is 5.97 Å². The molecule has 1 N–H and O–H groups in total. The highest BCUT2D eigenvalue weighted by atomic mass is 16.6. The first-order valence-electron chi connectivity index (χ1n) is 7.42. The fraction of sp³-hybridized carbons (Fsp3) is 0.588. The topological polar surface area (TPSA) is 38.3 Å². The van der Waals surface area contributed by atoms with Gasteiger partial charge < -0.3 is 10.1 Å². The second kappa shape index (κ2) is 8.05. The van der Waals surface area contributed by atoms with Crippen molar-refractivity contribution in [2.24, 2.45) is 0 Å². The highest BCUT2D eigenvalue weighted by Gasteiger charge is 2.18. The summed E-state index contributed by atoms with van der Waals surface area (Å²) in [6.07, 6.45) is 3.32. The van der Waals surface area contributed by atoms with Crippen LogP contribution in [0.4, 0.5) is 0 Å². The molecular formula is C17H27NO2. The Kier molecular flexibility index (Phi) is 6.73. The maximum absolute atomic E-state index is 11.8. The average molecular weight is 277 g/mol. The van der Waals surface area contributed by atoms with Crippen LogP contribution >= 0.6 is 0 Å². The highest BCUT2D eigenvalue weighted by molar-refractivity contribution is 5.72. The van der Waals surface area contributed by atoms with E-state index in [4.69, 9.17) is 4.74 Å². The van der Waals surface area contributed by atoms with Gasteiger partial charge in [0.05, 0.1) is 6.54 Å². The zero-order chi connectivity index (χ0) is 15.0. The molecule has 1 aromatic rings. The Bertz CT molecular complexity index is 395. The largest absolute Gasteiger partial charge is 0.459 e. The lowest BCUT2D eigenvalue weighted by atomic mass is 10.0. The molecular weight excluding hydrogens is 250 g/mol. The van der Waals surface area contributed by atoms with Crippen LogP contribution in [0.3, 0.4) is 0 Å². The van der Waals surface area contributed by atoms with E-state index in [1.165, 1.54) is 5.56 Å². The minimum Gasteiger partial charge on any atom is -0.459 e. The van der Waals surface area contributed by atoms with E-state index < -0.39 is 5.60 Å². The molecule has 0 heterocycles. The Balaban J connectivity index is 2.55. The lowest BCUT2D eigenvalue weighted by Crippen LogP contribution is -2.33. The smallest absolute Gasteiger partial charge is 0.320 e. The summed E-state index contributed by atoms with van der Waals surface area (Å²) in [5.74, 6) is -0.199. The first-order chi connectivity index (χ1) is 9.42. The summed E-state index contributed by atoms with van der Waals surface area (Å²) in [4.78, 5) is 11.8. The molecule has 0 aliphatic rings. The van der Waals surface area contributed by atoms with Crippen molar-refractivity contribution in [2.75, 3.05) is 6.54 Å². The van der Waals surface area contributed by atoms with Crippen molar-refractivity contribution < 1.29 is 9.53 Å². The lowest BCUT2D eigenvalue weighted by Gasteiger charge is -2.22. The van der Waals surface area contributed by atoms with Crippen LogP contribution in [0.25, 0.3) is 0 Å². The molecule has 0 saturated carbocycles. The fourth-order valence-corrected chi connectivity index (χ4v) is 2.06. The summed E-state index contributed by atoms with van der Waals surface area (Å²) in [6, 6.07) is 10.5. The predicted molar refractivity (Wildman–Crippen MR) is 82.6 cm³/mol. The summed E-state index contributed by atoms with van der Waals surface area (Å²) in [5, 5.41) is 3.32. The van der Waals surface area contributed by atoms with E-state index in [2.05, 4.69) is 24.4 Å². The molecule has 0 amide bonds. The highest BCUT2D eigenvalue weighted by Crippen LogP contribution is 2.19. The molecule has 1 atom stereocenters. The minimum absolute atomic E-state index is 0.199. The van der Waals surface area contributed by atoms with Crippen molar-refractivity contribution in [3.8, 4) is 0 Å². The Morgan fingerprint density at radius 2 is 1.90 bits per heavy atom. The summed E-state index contributed by atoms with van der Waals surface area (Å²) in [5.41, 5.74) is 0.800. The van der Waals surface area contributed by atoms with Gasteiger partial charge in [0, 0.05) is 6.04 Å². The van der Waals surface area contributed by atoms with E-state index in [1.54, 1.807) is 0 Å². The van der Waals surface area contributed by atoms with E-state index in [0.717, 1.165) is 19.3 Å². The predicted octanol–water partition coefficient (Wildman–Crippen LogP) is 3.85. The third-order valence-electron chi connectivity index (χ3n) is 2.96. The number of carbonyl (C=O) groups is 1. The molecule has 0 fully saturated rings. The molecule has 112 valence electrons. The summed E-state index contributed by atoms with van der Waals surface area (Å²) >= 11 is 0. The fourth-order valence-electron chi connectivity index (χ4n) is 2.06. The third-order valence-corrected chi connectivity index (χ3v) is 2.96. The minimum atomic E-state index is -0.426. The van der Waals surface area contributed by atoms with Crippen molar-refractivity contribution in [2.45, 2.75) is 58.6 Å². The van der Waals surface area contributed by atoms with E-state index >= 15 is 0 Å². The molecule has 1 unspecified atom stereocenters. The average Bonchev–Trinajstić information content (AvgIpc) is 2.38. The normalized spacial score (nSPS) is 13.0. The first-order valence-corrected chi connectivity index (χ1v) is 7.42. The number of rotatable bonds is 7. The van der Waals surface area contributed by atoms with Gasteiger partial charge in [-0.2, -0.15) is 0 Å². The van der Waals surface area contributed by atoms with Gasteiger partial charge in [-0.05, 0) is 32.8 Å². The zero-order valence-electron chi connectivity index (χ0n) is 13.1. The van der Waals surface area contributed by atoms with E-state index in [1.807, 2.05) is 39.0 Å². The van der Waals surface area contributed by atoms with Gasteiger partial charge in [-0.25, -0.2) is 0 Å². The maximum atomic E-state index is 11.8. The number of esters is 1. The summed E-state index contributed by atoms with van der Waals surface area (Å²) in [6.45, 7) is 8.08. The van der Waals surface area contributed by atoms with Crippen LogP contribution in [0.15, 0.2) is 30.3 Å². The van der Waals surface area contributed by atoms with Crippen LogP contribution < -0.4 is 5.32 Å². The SMILES string of the molecule is CCCCC(NCC(=O)OC(C)(C)C)c1ccccc1. The second-order valence-electron chi connectivity index (χ2n) is 6.07. The van der Waals surface area contributed by atoms with Crippen molar-refractivity contribution in [1.29, 1.82) is 0 Å². The standard InChI is InChI=1S/C17H27NO2/c1-5-6-12-15(14-10-8-7-9-11-14)18-13-16(19)20-17(2,3)4/h7-11,15,18H,5-6,12-13H2,1-4H3. The monoisotopic (exact) mass is 277 g/mol. The number of unbranched alkanes of at least 4 members (excludes halogenated alkanes) is 1. The van der Waals surface area contributed by atoms with Gasteiger partial charge in [0.25, 0.3) is 0 Å². The Morgan fingerprint density at radius 1 is 1.25 bits per heavy atom. The molecule has 1 aromatic carbocycles. The van der Waals surface area contributed by atoms with Crippen LogP contribution in [-0.4, -0.2) is 18.1 Å². The van der Waals surface area contributed by atoms with Gasteiger partial charge in [0.15, 0.2) is 0 Å². The molecule has 0 aliphatic heterocycles. The Morgan fingerprint density at radius 3 is 2.45 bits per heavy atom. The molecule has 0 radical (unpaired) electrons. The number of nitrogens with one attached hydrogen (secondary N) is 1. The van der Waals surface area contributed by atoms with E-state index in [-0.39, 0.29) is 18.6 Å². The number of carbonyl (C=O) groups excluding carboxylic acids is 1. The molecule has 3 nitrogen and oxygen atoms in total. The van der Waals surface area contributed by atoms with Gasteiger partial charge >= 0.3 is 5.97 Å². The second-order valence-corrected chi connectivity index (χ2v) is 6.07. The molecule has 0 spiro atoms. The molecule has 0 aliphatic carbocycles. The van der Waals surface area contributed by atoms with Gasteiger partial charge in [-0.3, -0.25) is 4.79 Å². The molecule has 1 rings (SSSR count).